The monoisotopic (exact) mass is 355 g/mol. The molecule has 1 aliphatic rings. The summed E-state index contributed by atoms with van der Waals surface area (Å²) in [6.45, 7) is 3.14. The molecule has 1 aliphatic heterocycles. The topological polar surface area (TPSA) is 66.1 Å². The Morgan fingerprint density at radius 1 is 1.26 bits per heavy atom. The average Bonchev–Trinajstić information content (AvgIpc) is 3.01. The van der Waals surface area contributed by atoms with Crippen LogP contribution in [0.3, 0.4) is 0 Å². The van der Waals surface area contributed by atoms with Gasteiger partial charge in [-0.1, -0.05) is 17.7 Å². The summed E-state index contributed by atoms with van der Waals surface area (Å²) in [5.74, 6) is 0.342. The van der Waals surface area contributed by atoms with E-state index in [4.69, 9.17) is 0 Å². The zero-order valence-electron chi connectivity index (χ0n) is 13.1. The molecule has 0 amide bonds. The van der Waals surface area contributed by atoms with Crippen LogP contribution in [-0.2, 0) is 16.4 Å². The van der Waals surface area contributed by atoms with Gasteiger partial charge in [0, 0.05) is 25.0 Å². The minimum atomic E-state index is -3.38. The van der Waals surface area contributed by atoms with Gasteiger partial charge in [0.15, 0.2) is 0 Å². The Hall–Kier alpha value is -1.37. The SMILES string of the molecule is Cc1ccc(S(=O)(=O)N2CCCC(Cc3ccn[nH]3)C2)cc1.Cl. The van der Waals surface area contributed by atoms with Crippen molar-refractivity contribution in [3.8, 4) is 0 Å². The van der Waals surface area contributed by atoms with E-state index in [0.29, 0.717) is 23.9 Å². The highest BCUT2D eigenvalue weighted by Crippen LogP contribution is 2.25. The first-order valence-corrected chi connectivity index (χ1v) is 9.05. The van der Waals surface area contributed by atoms with Gasteiger partial charge >= 0.3 is 0 Å². The number of hydrogen-bond acceptors (Lipinski definition) is 3. The van der Waals surface area contributed by atoms with Gasteiger partial charge in [0.2, 0.25) is 10.0 Å². The third kappa shape index (κ3) is 4.13. The van der Waals surface area contributed by atoms with Crippen molar-refractivity contribution in [3.63, 3.8) is 0 Å². The zero-order valence-corrected chi connectivity index (χ0v) is 14.7. The Morgan fingerprint density at radius 3 is 2.65 bits per heavy atom. The fourth-order valence-corrected chi connectivity index (χ4v) is 4.54. The highest BCUT2D eigenvalue weighted by atomic mass is 35.5. The molecular weight excluding hydrogens is 334 g/mol. The van der Waals surface area contributed by atoms with E-state index in [-0.39, 0.29) is 12.4 Å². The van der Waals surface area contributed by atoms with Crippen LogP contribution in [0.25, 0.3) is 0 Å². The van der Waals surface area contributed by atoms with E-state index < -0.39 is 10.0 Å². The van der Waals surface area contributed by atoms with Crippen molar-refractivity contribution in [1.82, 2.24) is 14.5 Å². The van der Waals surface area contributed by atoms with Crippen molar-refractivity contribution in [3.05, 3.63) is 47.8 Å². The van der Waals surface area contributed by atoms with E-state index in [1.54, 1.807) is 22.6 Å². The normalized spacial score (nSPS) is 19.3. The molecule has 0 spiro atoms. The van der Waals surface area contributed by atoms with Crippen molar-refractivity contribution in [2.45, 2.75) is 31.1 Å². The molecule has 2 heterocycles. The number of aromatic nitrogens is 2. The van der Waals surface area contributed by atoms with Crippen LogP contribution >= 0.6 is 12.4 Å². The summed E-state index contributed by atoms with van der Waals surface area (Å²) in [6, 6.07) is 9.04. The summed E-state index contributed by atoms with van der Waals surface area (Å²) in [5.41, 5.74) is 2.13. The second-order valence-corrected chi connectivity index (χ2v) is 7.91. The molecule has 1 unspecified atom stereocenters. The highest BCUT2D eigenvalue weighted by molar-refractivity contribution is 7.89. The lowest BCUT2D eigenvalue weighted by atomic mass is 9.95. The maximum absolute atomic E-state index is 12.8. The number of aryl methyl sites for hydroxylation is 1. The van der Waals surface area contributed by atoms with E-state index in [1.807, 2.05) is 25.1 Å². The zero-order chi connectivity index (χ0) is 15.6. The maximum Gasteiger partial charge on any atom is 0.243 e. The maximum atomic E-state index is 12.8. The van der Waals surface area contributed by atoms with E-state index >= 15 is 0 Å². The van der Waals surface area contributed by atoms with Crippen LogP contribution in [0.1, 0.15) is 24.1 Å². The third-order valence-corrected chi connectivity index (χ3v) is 6.09. The quantitative estimate of drug-likeness (QED) is 0.917. The van der Waals surface area contributed by atoms with Crippen LogP contribution in [0, 0.1) is 12.8 Å². The number of benzene rings is 1. The first kappa shape index (κ1) is 18.0. The fraction of sp³-hybridized carbons (Fsp3) is 0.438. The summed E-state index contributed by atoms with van der Waals surface area (Å²) in [6.07, 6.45) is 4.54. The van der Waals surface area contributed by atoms with Gasteiger partial charge in [-0.2, -0.15) is 9.40 Å². The standard InChI is InChI=1S/C16H21N3O2S.ClH/c1-13-4-6-16(7-5-13)22(20,21)19-10-2-3-14(12-19)11-15-8-9-17-18-15;/h4-9,14H,2-3,10-12H2,1H3,(H,17,18);1H. The van der Waals surface area contributed by atoms with Gasteiger partial charge < -0.3 is 0 Å². The summed E-state index contributed by atoms with van der Waals surface area (Å²) in [4.78, 5) is 0.389. The van der Waals surface area contributed by atoms with E-state index in [0.717, 1.165) is 30.5 Å². The van der Waals surface area contributed by atoms with Crippen molar-refractivity contribution in [2.75, 3.05) is 13.1 Å². The molecule has 23 heavy (non-hydrogen) atoms. The number of H-pyrrole nitrogens is 1. The Labute approximate surface area is 143 Å². The number of piperidine rings is 1. The second-order valence-electron chi connectivity index (χ2n) is 5.97. The predicted molar refractivity (Wildman–Crippen MR) is 92.2 cm³/mol. The lowest BCUT2D eigenvalue weighted by molar-refractivity contribution is 0.264. The molecule has 0 bridgehead atoms. The molecule has 1 aromatic carbocycles. The Morgan fingerprint density at radius 2 is 2.00 bits per heavy atom. The molecule has 3 rings (SSSR count). The molecular formula is C16H22ClN3O2S. The second kappa shape index (κ2) is 7.47. The van der Waals surface area contributed by atoms with Crippen molar-refractivity contribution < 1.29 is 8.42 Å². The number of rotatable bonds is 4. The van der Waals surface area contributed by atoms with Gasteiger partial charge in [0.05, 0.1) is 4.90 Å². The molecule has 7 heteroatoms. The van der Waals surface area contributed by atoms with Crippen LogP contribution in [0.15, 0.2) is 41.4 Å². The van der Waals surface area contributed by atoms with Gasteiger partial charge in [-0.3, -0.25) is 5.10 Å². The molecule has 1 aromatic heterocycles. The molecule has 5 nitrogen and oxygen atoms in total. The number of hydrogen-bond donors (Lipinski definition) is 1. The van der Waals surface area contributed by atoms with Crippen molar-refractivity contribution in [2.24, 2.45) is 5.92 Å². The smallest absolute Gasteiger partial charge is 0.243 e. The Bertz CT molecular complexity index is 714. The minimum absolute atomic E-state index is 0. The van der Waals surface area contributed by atoms with E-state index in [9.17, 15) is 8.42 Å². The summed E-state index contributed by atoms with van der Waals surface area (Å²) < 4.78 is 27.1. The van der Waals surface area contributed by atoms with Gasteiger partial charge in [-0.05, 0) is 50.3 Å². The van der Waals surface area contributed by atoms with Gasteiger partial charge in [0.1, 0.15) is 0 Å². The molecule has 1 N–H and O–H groups in total. The van der Waals surface area contributed by atoms with Gasteiger partial charge in [0.25, 0.3) is 0 Å². The van der Waals surface area contributed by atoms with Crippen molar-refractivity contribution in [1.29, 1.82) is 0 Å². The largest absolute Gasteiger partial charge is 0.283 e. The van der Waals surface area contributed by atoms with Gasteiger partial charge in [-0.15, -0.1) is 12.4 Å². The molecule has 0 radical (unpaired) electrons. The molecule has 1 atom stereocenters. The fourth-order valence-electron chi connectivity index (χ4n) is 2.98. The molecule has 1 saturated heterocycles. The lowest BCUT2D eigenvalue weighted by Crippen LogP contribution is -2.40. The summed E-state index contributed by atoms with van der Waals surface area (Å²) in [7, 11) is -3.38. The molecule has 1 fully saturated rings. The predicted octanol–water partition coefficient (Wildman–Crippen LogP) is 2.78. The highest BCUT2D eigenvalue weighted by Gasteiger charge is 2.30. The van der Waals surface area contributed by atoms with Crippen LogP contribution < -0.4 is 0 Å². The molecule has 126 valence electrons. The Kier molecular flexibility index (Phi) is 5.84. The van der Waals surface area contributed by atoms with Crippen LogP contribution in [0.2, 0.25) is 0 Å². The average molecular weight is 356 g/mol. The van der Waals surface area contributed by atoms with Gasteiger partial charge in [-0.25, -0.2) is 8.42 Å². The molecule has 0 saturated carbocycles. The van der Waals surface area contributed by atoms with E-state index in [2.05, 4.69) is 10.2 Å². The molecule has 0 aliphatic carbocycles. The lowest BCUT2D eigenvalue weighted by Gasteiger charge is -2.31. The third-order valence-electron chi connectivity index (χ3n) is 4.21. The number of halogens is 1. The summed E-state index contributed by atoms with van der Waals surface area (Å²) >= 11 is 0. The molecule has 2 aromatic rings. The Balaban J connectivity index is 0.00000192. The number of nitrogens with zero attached hydrogens (tertiary/aromatic N) is 2. The summed E-state index contributed by atoms with van der Waals surface area (Å²) in [5, 5.41) is 6.91. The number of aromatic amines is 1. The van der Waals surface area contributed by atoms with Crippen molar-refractivity contribution >= 4 is 22.4 Å². The number of sulfonamides is 1. The minimum Gasteiger partial charge on any atom is -0.283 e. The van der Waals surface area contributed by atoms with Crippen LogP contribution in [0.4, 0.5) is 0 Å². The van der Waals surface area contributed by atoms with Crippen LogP contribution in [0.5, 0.6) is 0 Å². The van der Waals surface area contributed by atoms with E-state index in [1.165, 1.54) is 0 Å². The number of nitrogens with one attached hydrogen (secondary N) is 1. The van der Waals surface area contributed by atoms with Crippen LogP contribution in [-0.4, -0.2) is 36.0 Å². The first-order chi connectivity index (χ1) is 10.6. The first-order valence-electron chi connectivity index (χ1n) is 7.61.